The Labute approximate surface area is 167 Å². The predicted molar refractivity (Wildman–Crippen MR) is 112 cm³/mol. The monoisotopic (exact) mass is 384 g/mol. The number of aromatic amines is 1. The Morgan fingerprint density at radius 3 is 2.75 bits per heavy atom. The third-order valence-corrected chi connectivity index (χ3v) is 5.74. The molecule has 152 valence electrons. The molecule has 0 radical (unpaired) electrons. The summed E-state index contributed by atoms with van der Waals surface area (Å²) in [6, 6.07) is 4.14. The van der Waals surface area contributed by atoms with Gasteiger partial charge in [0.25, 0.3) is 0 Å². The number of carbonyl (C=O) groups excluding carboxylic acids is 2. The number of benzene rings is 1. The summed E-state index contributed by atoms with van der Waals surface area (Å²) in [5.74, 6) is -0.151. The van der Waals surface area contributed by atoms with Crippen LogP contribution in [0.5, 0.6) is 0 Å². The summed E-state index contributed by atoms with van der Waals surface area (Å²) in [6.07, 6.45) is 1.14. The Hall–Kier alpha value is -2.34. The number of nitrogens with zero attached hydrogens (tertiary/aromatic N) is 1. The van der Waals surface area contributed by atoms with Crippen LogP contribution in [0.4, 0.5) is 0 Å². The molecule has 1 aromatic heterocycles. The second-order valence-electron chi connectivity index (χ2n) is 8.05. The topological polar surface area (TPSA) is 77.2 Å². The van der Waals surface area contributed by atoms with Crippen molar-refractivity contribution in [2.24, 2.45) is 0 Å². The lowest BCUT2D eigenvalue weighted by molar-refractivity contribution is -0.134. The predicted octanol–water partition coefficient (Wildman–Crippen LogP) is 2.56. The highest BCUT2D eigenvalue weighted by atomic mass is 16.2. The van der Waals surface area contributed by atoms with Gasteiger partial charge in [0.2, 0.25) is 11.8 Å². The zero-order valence-electron chi connectivity index (χ0n) is 17.6. The Balaban J connectivity index is 1.73. The van der Waals surface area contributed by atoms with E-state index in [0.717, 1.165) is 24.0 Å². The number of hydrogen-bond acceptors (Lipinski definition) is 3. The molecule has 2 heterocycles. The van der Waals surface area contributed by atoms with Crippen molar-refractivity contribution in [1.82, 2.24) is 20.5 Å². The number of aryl methyl sites for hydroxylation is 3. The van der Waals surface area contributed by atoms with Gasteiger partial charge in [-0.1, -0.05) is 18.6 Å². The summed E-state index contributed by atoms with van der Waals surface area (Å²) in [4.78, 5) is 30.5. The largest absolute Gasteiger partial charge is 0.358 e. The third kappa shape index (κ3) is 4.07. The lowest BCUT2D eigenvalue weighted by Crippen LogP contribution is -2.58. The van der Waals surface area contributed by atoms with Crippen molar-refractivity contribution >= 4 is 22.7 Å². The smallest absolute Gasteiger partial charge is 0.237 e. The van der Waals surface area contributed by atoms with Crippen molar-refractivity contribution in [2.45, 2.75) is 66.1 Å². The van der Waals surface area contributed by atoms with E-state index >= 15 is 0 Å². The van der Waals surface area contributed by atoms with Crippen LogP contribution in [-0.4, -0.2) is 46.9 Å². The molecule has 28 heavy (non-hydrogen) atoms. The molecule has 6 heteroatoms. The van der Waals surface area contributed by atoms with Crippen molar-refractivity contribution < 1.29 is 9.59 Å². The van der Waals surface area contributed by atoms with Crippen LogP contribution in [0.15, 0.2) is 12.1 Å². The van der Waals surface area contributed by atoms with Crippen LogP contribution >= 0.6 is 0 Å². The van der Waals surface area contributed by atoms with Crippen LogP contribution in [0.25, 0.3) is 10.9 Å². The van der Waals surface area contributed by atoms with E-state index < -0.39 is 6.04 Å². The lowest BCUT2D eigenvalue weighted by Gasteiger charge is -2.37. The molecule has 0 bridgehead atoms. The fourth-order valence-electron chi connectivity index (χ4n) is 4.21. The zero-order chi connectivity index (χ0) is 20.4. The van der Waals surface area contributed by atoms with E-state index in [0.29, 0.717) is 13.1 Å². The van der Waals surface area contributed by atoms with E-state index in [4.69, 9.17) is 0 Å². The number of nitrogens with one attached hydrogen (secondary N) is 3. The summed E-state index contributed by atoms with van der Waals surface area (Å²) < 4.78 is 0. The highest BCUT2D eigenvalue weighted by molar-refractivity contribution is 5.90. The quantitative estimate of drug-likeness (QED) is 0.716. The number of carbonyl (C=O) groups is 2. The van der Waals surface area contributed by atoms with Gasteiger partial charge in [-0.3, -0.25) is 14.5 Å². The number of piperazine rings is 1. The molecule has 2 amide bonds. The minimum atomic E-state index is -0.397. The molecule has 2 aromatic rings. The minimum absolute atomic E-state index is 0.0550. The molecule has 0 saturated carbocycles. The van der Waals surface area contributed by atoms with Crippen molar-refractivity contribution in [3.05, 3.63) is 34.5 Å². The van der Waals surface area contributed by atoms with Gasteiger partial charge in [-0.05, 0) is 51.3 Å². The zero-order valence-corrected chi connectivity index (χ0v) is 17.6. The van der Waals surface area contributed by atoms with E-state index in [1.165, 1.54) is 22.2 Å². The fourth-order valence-corrected chi connectivity index (χ4v) is 4.21. The average Bonchev–Trinajstić information content (AvgIpc) is 2.97. The number of rotatable bonds is 6. The summed E-state index contributed by atoms with van der Waals surface area (Å²) in [6.45, 7) is 12.4. The number of fused-ring (bicyclic) bond motifs is 1. The first kappa shape index (κ1) is 20.4. The van der Waals surface area contributed by atoms with Gasteiger partial charge in [0.15, 0.2) is 0 Å². The Kier molecular flexibility index (Phi) is 6.08. The molecule has 0 unspecified atom stereocenters. The van der Waals surface area contributed by atoms with Crippen molar-refractivity contribution in [3.63, 3.8) is 0 Å². The number of hydrogen-bond donors (Lipinski definition) is 3. The first-order chi connectivity index (χ1) is 13.3. The second kappa shape index (κ2) is 8.35. The van der Waals surface area contributed by atoms with Crippen molar-refractivity contribution in [3.8, 4) is 0 Å². The van der Waals surface area contributed by atoms with Gasteiger partial charge in [0, 0.05) is 36.8 Å². The Morgan fingerprint density at radius 1 is 1.32 bits per heavy atom. The number of H-pyrrole nitrogens is 1. The molecular weight excluding hydrogens is 352 g/mol. The van der Waals surface area contributed by atoms with Gasteiger partial charge >= 0.3 is 0 Å². The minimum Gasteiger partial charge on any atom is -0.358 e. The van der Waals surface area contributed by atoms with Crippen molar-refractivity contribution in [1.29, 1.82) is 0 Å². The molecular formula is C22H32N4O2. The normalized spacial score (nSPS) is 17.9. The van der Waals surface area contributed by atoms with Gasteiger partial charge in [0.05, 0.1) is 18.0 Å². The van der Waals surface area contributed by atoms with E-state index in [-0.39, 0.29) is 24.3 Å². The lowest BCUT2D eigenvalue weighted by atomic mass is 10.0. The van der Waals surface area contributed by atoms with Crippen LogP contribution in [0.2, 0.25) is 0 Å². The van der Waals surface area contributed by atoms with Crippen LogP contribution in [0.1, 0.15) is 49.6 Å². The third-order valence-electron chi connectivity index (χ3n) is 5.74. The Morgan fingerprint density at radius 2 is 2.07 bits per heavy atom. The molecule has 1 atom stereocenters. The Bertz CT molecular complexity index is 884. The van der Waals surface area contributed by atoms with Crippen molar-refractivity contribution in [2.75, 3.05) is 13.1 Å². The van der Waals surface area contributed by atoms with Crippen LogP contribution < -0.4 is 10.6 Å². The maximum absolute atomic E-state index is 12.6. The first-order valence-corrected chi connectivity index (χ1v) is 10.2. The molecule has 0 aliphatic carbocycles. The molecule has 6 nitrogen and oxygen atoms in total. The molecule has 0 spiro atoms. The number of aromatic nitrogens is 1. The summed E-state index contributed by atoms with van der Waals surface area (Å²) in [5.41, 5.74) is 5.87. The second-order valence-corrected chi connectivity index (χ2v) is 8.05. The maximum atomic E-state index is 12.6. The summed E-state index contributed by atoms with van der Waals surface area (Å²) >= 11 is 0. The average molecular weight is 385 g/mol. The van der Waals surface area contributed by atoms with Gasteiger partial charge in [-0.2, -0.15) is 0 Å². The molecule has 1 aliphatic rings. The molecule has 1 saturated heterocycles. The number of amides is 2. The molecule has 3 N–H and O–H groups in total. The van der Waals surface area contributed by atoms with Gasteiger partial charge in [-0.25, -0.2) is 0 Å². The van der Waals surface area contributed by atoms with Crippen LogP contribution in [-0.2, 0) is 22.6 Å². The van der Waals surface area contributed by atoms with E-state index in [1.807, 2.05) is 0 Å². The first-order valence-electron chi connectivity index (χ1n) is 10.2. The fraction of sp³-hybridized carbons (Fsp3) is 0.545. The summed E-state index contributed by atoms with van der Waals surface area (Å²) in [5, 5.41) is 7.13. The molecule has 1 aromatic carbocycles. The van der Waals surface area contributed by atoms with E-state index in [2.05, 4.69) is 67.3 Å². The van der Waals surface area contributed by atoms with Gasteiger partial charge in [0.1, 0.15) is 0 Å². The highest BCUT2D eigenvalue weighted by Crippen LogP contribution is 2.26. The standard InChI is InChI=1S/C22H32N4O2/c1-6-18-15(5)17-10-14(4)9-16(21(17)25-18)12-24-20(27)11-19-22(28)23-7-8-26(19)13(2)3/h9-10,13,19,25H,6-8,11-12H2,1-5H3,(H,23,28)(H,24,27)/t19-/m0/s1. The molecule has 3 rings (SSSR count). The SMILES string of the molecule is CCc1[nH]c2c(CNC(=O)C[C@H]3C(=O)NCCN3C(C)C)cc(C)cc2c1C. The van der Waals surface area contributed by atoms with Gasteiger partial charge in [-0.15, -0.1) is 0 Å². The van der Waals surface area contributed by atoms with Gasteiger partial charge < -0.3 is 15.6 Å². The van der Waals surface area contributed by atoms with E-state index in [1.54, 1.807) is 0 Å². The maximum Gasteiger partial charge on any atom is 0.237 e. The van der Waals surface area contributed by atoms with E-state index in [9.17, 15) is 9.59 Å². The van der Waals surface area contributed by atoms with Crippen LogP contribution in [0.3, 0.4) is 0 Å². The summed E-state index contributed by atoms with van der Waals surface area (Å²) in [7, 11) is 0. The molecule has 1 aliphatic heterocycles. The molecule has 1 fully saturated rings. The van der Waals surface area contributed by atoms with Crippen LogP contribution in [0, 0.1) is 13.8 Å². The highest BCUT2D eigenvalue weighted by Gasteiger charge is 2.32.